The molecule has 0 radical (unpaired) electrons. The number of hydrogen-bond donors (Lipinski definition) is 2. The van der Waals surface area contributed by atoms with Crippen molar-refractivity contribution in [2.75, 3.05) is 0 Å². The molecular weight excluding hydrogens is 154 g/mol. The van der Waals surface area contributed by atoms with Gasteiger partial charge in [0.2, 0.25) is 0 Å². The highest BCUT2D eigenvalue weighted by molar-refractivity contribution is 5.86. The lowest BCUT2D eigenvalue weighted by molar-refractivity contribution is 0.234. The number of rotatable bonds is 2. The highest BCUT2D eigenvalue weighted by atomic mass is 16.4. The van der Waals surface area contributed by atoms with Gasteiger partial charge in [-0.05, 0) is 12.5 Å². The number of nitrogens with zero attached hydrogens (tertiary/aromatic N) is 1. The molecular formula is C9H11NO2. The van der Waals surface area contributed by atoms with Gasteiger partial charge < -0.3 is 10.3 Å². The average molecular weight is 165 g/mol. The van der Waals surface area contributed by atoms with Crippen molar-refractivity contribution in [1.29, 1.82) is 0 Å². The Kier molecular flexibility index (Phi) is 2.82. The van der Waals surface area contributed by atoms with Gasteiger partial charge in [0.15, 0.2) is 0 Å². The Balaban J connectivity index is 2.86. The van der Waals surface area contributed by atoms with E-state index < -0.39 is 6.10 Å². The fourth-order valence-corrected chi connectivity index (χ4v) is 0.931. The standard InChI is InChI=1S/C9H11NO2/c1-7(10-12)9(11)8-5-3-2-4-6-8/h2-6,9,11-12H,1H3/b10-7+. The van der Waals surface area contributed by atoms with E-state index in [-0.39, 0.29) is 0 Å². The van der Waals surface area contributed by atoms with Crippen LogP contribution in [0.4, 0.5) is 0 Å². The monoisotopic (exact) mass is 165 g/mol. The van der Waals surface area contributed by atoms with Gasteiger partial charge in [-0.1, -0.05) is 35.5 Å². The van der Waals surface area contributed by atoms with E-state index in [9.17, 15) is 5.11 Å². The number of oxime groups is 1. The Morgan fingerprint density at radius 3 is 2.42 bits per heavy atom. The SMILES string of the molecule is C/C(=N\O)C(O)c1ccccc1. The summed E-state index contributed by atoms with van der Waals surface area (Å²) in [7, 11) is 0. The Morgan fingerprint density at radius 1 is 1.33 bits per heavy atom. The summed E-state index contributed by atoms with van der Waals surface area (Å²) in [6, 6.07) is 9.06. The number of benzene rings is 1. The van der Waals surface area contributed by atoms with Gasteiger partial charge >= 0.3 is 0 Å². The van der Waals surface area contributed by atoms with Crippen molar-refractivity contribution in [2.24, 2.45) is 5.16 Å². The van der Waals surface area contributed by atoms with Gasteiger partial charge in [-0.15, -0.1) is 0 Å². The van der Waals surface area contributed by atoms with Crippen molar-refractivity contribution in [2.45, 2.75) is 13.0 Å². The Labute approximate surface area is 71.0 Å². The first-order valence-electron chi connectivity index (χ1n) is 3.67. The van der Waals surface area contributed by atoms with Crippen LogP contribution in [0.1, 0.15) is 18.6 Å². The molecule has 0 aromatic heterocycles. The summed E-state index contributed by atoms with van der Waals surface area (Å²) in [5, 5.41) is 20.8. The van der Waals surface area contributed by atoms with Gasteiger partial charge in [0.1, 0.15) is 6.10 Å². The molecule has 0 saturated heterocycles. The second-order valence-electron chi connectivity index (χ2n) is 2.55. The first-order valence-corrected chi connectivity index (χ1v) is 3.67. The molecule has 1 rings (SSSR count). The lowest BCUT2D eigenvalue weighted by Gasteiger charge is -2.07. The Morgan fingerprint density at radius 2 is 1.92 bits per heavy atom. The number of aliphatic hydroxyl groups excluding tert-OH is 1. The molecule has 0 aliphatic rings. The van der Waals surface area contributed by atoms with E-state index in [2.05, 4.69) is 5.16 Å². The molecule has 0 aliphatic heterocycles. The molecule has 1 atom stereocenters. The van der Waals surface area contributed by atoms with Gasteiger partial charge in [-0.25, -0.2) is 0 Å². The maximum atomic E-state index is 9.50. The van der Waals surface area contributed by atoms with Crippen molar-refractivity contribution in [3.05, 3.63) is 35.9 Å². The minimum atomic E-state index is -0.809. The molecule has 1 aromatic rings. The quantitative estimate of drug-likeness (QED) is 0.397. The molecule has 64 valence electrons. The predicted molar refractivity (Wildman–Crippen MR) is 46.3 cm³/mol. The molecule has 2 N–H and O–H groups in total. The topological polar surface area (TPSA) is 52.8 Å². The summed E-state index contributed by atoms with van der Waals surface area (Å²) in [5.74, 6) is 0. The maximum Gasteiger partial charge on any atom is 0.120 e. The average Bonchev–Trinajstić information content (AvgIpc) is 2.17. The molecule has 3 nitrogen and oxygen atoms in total. The lowest BCUT2D eigenvalue weighted by atomic mass is 10.1. The van der Waals surface area contributed by atoms with E-state index in [1.54, 1.807) is 19.1 Å². The summed E-state index contributed by atoms with van der Waals surface area (Å²) >= 11 is 0. The zero-order chi connectivity index (χ0) is 8.97. The molecule has 0 aliphatic carbocycles. The van der Waals surface area contributed by atoms with Gasteiger partial charge in [0.25, 0.3) is 0 Å². The van der Waals surface area contributed by atoms with Crippen LogP contribution in [0.15, 0.2) is 35.5 Å². The Bertz CT molecular complexity index is 269. The van der Waals surface area contributed by atoms with Crippen molar-refractivity contribution in [3.63, 3.8) is 0 Å². The zero-order valence-corrected chi connectivity index (χ0v) is 6.81. The lowest BCUT2D eigenvalue weighted by Crippen LogP contribution is -2.07. The van der Waals surface area contributed by atoms with Gasteiger partial charge in [-0.2, -0.15) is 0 Å². The van der Waals surface area contributed by atoms with Crippen LogP contribution in [-0.4, -0.2) is 16.0 Å². The van der Waals surface area contributed by atoms with Crippen molar-refractivity contribution in [1.82, 2.24) is 0 Å². The van der Waals surface area contributed by atoms with Crippen LogP contribution in [0.25, 0.3) is 0 Å². The molecule has 0 fully saturated rings. The van der Waals surface area contributed by atoms with E-state index in [1.807, 2.05) is 18.2 Å². The van der Waals surface area contributed by atoms with Crippen LogP contribution >= 0.6 is 0 Å². The van der Waals surface area contributed by atoms with Crippen LogP contribution in [-0.2, 0) is 0 Å². The van der Waals surface area contributed by atoms with Crippen molar-refractivity contribution < 1.29 is 10.3 Å². The molecule has 0 spiro atoms. The van der Waals surface area contributed by atoms with E-state index in [0.717, 1.165) is 5.56 Å². The second-order valence-corrected chi connectivity index (χ2v) is 2.55. The van der Waals surface area contributed by atoms with Crippen molar-refractivity contribution in [3.8, 4) is 0 Å². The Hall–Kier alpha value is -1.35. The first kappa shape index (κ1) is 8.74. The van der Waals surface area contributed by atoms with Crippen LogP contribution in [0.3, 0.4) is 0 Å². The van der Waals surface area contributed by atoms with Crippen molar-refractivity contribution >= 4 is 5.71 Å². The molecule has 1 unspecified atom stereocenters. The minimum Gasteiger partial charge on any atom is -0.411 e. The molecule has 3 heteroatoms. The molecule has 0 heterocycles. The van der Waals surface area contributed by atoms with E-state index >= 15 is 0 Å². The van der Waals surface area contributed by atoms with Crippen LogP contribution in [0.2, 0.25) is 0 Å². The number of hydrogen-bond acceptors (Lipinski definition) is 3. The van der Waals surface area contributed by atoms with Gasteiger partial charge in [-0.3, -0.25) is 0 Å². The first-order chi connectivity index (χ1) is 5.75. The highest BCUT2D eigenvalue weighted by Gasteiger charge is 2.09. The summed E-state index contributed by atoms with van der Waals surface area (Å²) in [4.78, 5) is 0. The molecule has 0 bridgehead atoms. The molecule has 1 aromatic carbocycles. The van der Waals surface area contributed by atoms with Crippen LogP contribution in [0.5, 0.6) is 0 Å². The van der Waals surface area contributed by atoms with Crippen LogP contribution in [0, 0.1) is 0 Å². The highest BCUT2D eigenvalue weighted by Crippen LogP contribution is 2.13. The third kappa shape index (κ3) is 1.83. The largest absolute Gasteiger partial charge is 0.411 e. The van der Waals surface area contributed by atoms with E-state index in [0.29, 0.717) is 5.71 Å². The minimum absolute atomic E-state index is 0.293. The van der Waals surface area contributed by atoms with Gasteiger partial charge in [0.05, 0.1) is 5.71 Å². The van der Waals surface area contributed by atoms with E-state index in [4.69, 9.17) is 5.21 Å². The molecule has 12 heavy (non-hydrogen) atoms. The summed E-state index contributed by atoms with van der Waals surface area (Å²) in [6.07, 6.45) is -0.809. The zero-order valence-electron chi connectivity index (χ0n) is 6.81. The summed E-state index contributed by atoms with van der Waals surface area (Å²) in [5.41, 5.74) is 1.02. The molecule has 0 saturated carbocycles. The predicted octanol–water partition coefficient (Wildman–Crippen LogP) is 1.57. The second kappa shape index (κ2) is 3.88. The van der Waals surface area contributed by atoms with Gasteiger partial charge in [0, 0.05) is 0 Å². The third-order valence-electron chi connectivity index (χ3n) is 1.67. The fraction of sp³-hybridized carbons (Fsp3) is 0.222. The third-order valence-corrected chi connectivity index (χ3v) is 1.67. The van der Waals surface area contributed by atoms with Crippen LogP contribution < -0.4 is 0 Å². The summed E-state index contributed by atoms with van der Waals surface area (Å²) in [6.45, 7) is 1.57. The number of aliphatic hydroxyl groups is 1. The maximum absolute atomic E-state index is 9.50. The smallest absolute Gasteiger partial charge is 0.120 e. The summed E-state index contributed by atoms with van der Waals surface area (Å²) < 4.78 is 0. The normalized spacial score (nSPS) is 14.3. The van der Waals surface area contributed by atoms with E-state index in [1.165, 1.54) is 0 Å². The fourth-order valence-electron chi connectivity index (χ4n) is 0.931. The molecule has 0 amide bonds.